The van der Waals surface area contributed by atoms with Crippen LogP contribution in [0.4, 0.5) is 8.78 Å². The van der Waals surface area contributed by atoms with E-state index in [4.69, 9.17) is 22.7 Å². The van der Waals surface area contributed by atoms with Crippen molar-refractivity contribution in [2.45, 2.75) is 13.5 Å². The van der Waals surface area contributed by atoms with Gasteiger partial charge >= 0.3 is 0 Å². The number of nitrogens with two attached hydrogens (primary N) is 1. The molecule has 2 aromatic carbocycles. The minimum atomic E-state index is -0.507. The van der Waals surface area contributed by atoms with E-state index in [9.17, 15) is 8.78 Å². The molecule has 0 saturated heterocycles. The molecule has 2 nitrogen and oxygen atoms in total. The lowest BCUT2D eigenvalue weighted by Gasteiger charge is -2.10. The van der Waals surface area contributed by atoms with Crippen LogP contribution in [0.1, 0.15) is 16.7 Å². The van der Waals surface area contributed by atoms with Crippen LogP contribution in [0, 0.1) is 18.6 Å². The van der Waals surface area contributed by atoms with Crippen molar-refractivity contribution in [3.05, 3.63) is 64.7 Å². The number of hydrogen-bond donors (Lipinski definition) is 1. The van der Waals surface area contributed by atoms with Gasteiger partial charge in [0.1, 0.15) is 29.0 Å². The molecule has 0 aliphatic heterocycles. The van der Waals surface area contributed by atoms with E-state index in [1.54, 1.807) is 31.2 Å². The Kier molecular flexibility index (Phi) is 4.29. The second-order valence-corrected chi connectivity index (χ2v) is 4.78. The molecular weight excluding hydrogens is 280 g/mol. The molecule has 0 unspecified atom stereocenters. The molecule has 0 heterocycles. The van der Waals surface area contributed by atoms with E-state index in [-0.39, 0.29) is 23.0 Å². The zero-order chi connectivity index (χ0) is 14.7. The van der Waals surface area contributed by atoms with Crippen LogP contribution in [0.25, 0.3) is 0 Å². The molecule has 0 aliphatic carbocycles. The molecule has 0 aliphatic rings. The Morgan fingerprint density at radius 3 is 2.65 bits per heavy atom. The topological polar surface area (TPSA) is 35.2 Å². The molecule has 5 heteroatoms. The summed E-state index contributed by atoms with van der Waals surface area (Å²) < 4.78 is 32.8. The predicted molar refractivity (Wildman–Crippen MR) is 77.8 cm³/mol. The molecule has 20 heavy (non-hydrogen) atoms. The van der Waals surface area contributed by atoms with Crippen LogP contribution >= 0.6 is 12.2 Å². The summed E-state index contributed by atoms with van der Waals surface area (Å²) in [6, 6.07) is 9.23. The Morgan fingerprint density at radius 2 is 2.00 bits per heavy atom. The van der Waals surface area contributed by atoms with Crippen LogP contribution < -0.4 is 10.5 Å². The monoisotopic (exact) mass is 293 g/mol. The van der Waals surface area contributed by atoms with Crippen LogP contribution in [-0.2, 0) is 6.61 Å². The predicted octanol–water partition coefficient (Wildman–Crippen LogP) is 3.49. The molecule has 0 bridgehead atoms. The van der Waals surface area contributed by atoms with Gasteiger partial charge in [-0.1, -0.05) is 30.4 Å². The van der Waals surface area contributed by atoms with Gasteiger partial charge in [-0.25, -0.2) is 8.78 Å². The maximum atomic E-state index is 14.0. The van der Waals surface area contributed by atoms with Gasteiger partial charge in [0.25, 0.3) is 0 Å². The Bertz CT molecular complexity index is 658. The molecular formula is C15H13F2NOS. The number of ether oxygens (including phenoxy) is 1. The third-order valence-electron chi connectivity index (χ3n) is 2.88. The first-order valence-corrected chi connectivity index (χ1v) is 6.36. The number of rotatable bonds is 4. The fourth-order valence-corrected chi connectivity index (χ4v) is 1.86. The van der Waals surface area contributed by atoms with E-state index in [0.717, 1.165) is 0 Å². The minimum absolute atomic E-state index is 0.00858. The van der Waals surface area contributed by atoms with Crippen LogP contribution in [0.15, 0.2) is 36.4 Å². The van der Waals surface area contributed by atoms with Crippen molar-refractivity contribution in [1.82, 2.24) is 0 Å². The Morgan fingerprint density at radius 1 is 1.25 bits per heavy atom. The standard InChI is InChI=1S/C15H13F2NOS/c1-9-5-6-11(7-13(9)16)19-8-10-3-2-4-12(14(10)17)15(18)20/h2-7H,8H2,1H3,(H2,18,20). The number of benzene rings is 2. The second-order valence-electron chi connectivity index (χ2n) is 4.34. The molecule has 0 aromatic heterocycles. The smallest absolute Gasteiger partial charge is 0.139 e. The van der Waals surface area contributed by atoms with E-state index in [1.807, 2.05) is 0 Å². The first-order chi connectivity index (χ1) is 9.49. The molecule has 104 valence electrons. The highest BCUT2D eigenvalue weighted by atomic mass is 32.1. The molecule has 2 rings (SSSR count). The van der Waals surface area contributed by atoms with Gasteiger partial charge in [0.15, 0.2) is 0 Å². The summed E-state index contributed by atoms with van der Waals surface area (Å²) in [4.78, 5) is -0.00858. The van der Waals surface area contributed by atoms with Crippen molar-refractivity contribution in [2.75, 3.05) is 0 Å². The summed E-state index contributed by atoms with van der Waals surface area (Å²) in [5, 5.41) is 0. The molecule has 0 radical (unpaired) electrons. The van der Waals surface area contributed by atoms with Gasteiger partial charge in [0.2, 0.25) is 0 Å². The average Bonchev–Trinajstić information content (AvgIpc) is 2.41. The Labute approximate surface area is 121 Å². The second kappa shape index (κ2) is 5.96. The lowest BCUT2D eigenvalue weighted by atomic mass is 10.1. The number of halogens is 2. The fraction of sp³-hybridized carbons (Fsp3) is 0.133. The molecule has 2 N–H and O–H groups in total. The van der Waals surface area contributed by atoms with Gasteiger partial charge in [0.05, 0.1) is 0 Å². The maximum Gasteiger partial charge on any atom is 0.139 e. The highest BCUT2D eigenvalue weighted by molar-refractivity contribution is 7.80. The van der Waals surface area contributed by atoms with Crippen molar-refractivity contribution in [3.8, 4) is 5.75 Å². The van der Waals surface area contributed by atoms with Gasteiger partial charge in [0, 0.05) is 17.2 Å². The number of aryl methyl sites for hydroxylation is 1. The van der Waals surface area contributed by atoms with Gasteiger partial charge < -0.3 is 10.5 Å². The molecule has 0 fully saturated rings. The van der Waals surface area contributed by atoms with Crippen molar-refractivity contribution in [3.63, 3.8) is 0 Å². The van der Waals surface area contributed by atoms with E-state index < -0.39 is 5.82 Å². The van der Waals surface area contributed by atoms with E-state index in [1.165, 1.54) is 12.1 Å². The Balaban J connectivity index is 2.17. The highest BCUT2D eigenvalue weighted by Gasteiger charge is 2.10. The van der Waals surface area contributed by atoms with E-state index in [0.29, 0.717) is 16.9 Å². The summed E-state index contributed by atoms with van der Waals surface area (Å²) in [7, 11) is 0. The average molecular weight is 293 g/mol. The van der Waals surface area contributed by atoms with Crippen molar-refractivity contribution in [2.24, 2.45) is 5.73 Å². The molecule has 0 saturated carbocycles. The summed E-state index contributed by atoms with van der Waals surface area (Å²) in [6.07, 6.45) is 0. The van der Waals surface area contributed by atoms with Crippen LogP contribution in [0.5, 0.6) is 5.75 Å². The molecule has 0 spiro atoms. The molecule has 2 aromatic rings. The zero-order valence-corrected chi connectivity index (χ0v) is 11.6. The number of hydrogen-bond acceptors (Lipinski definition) is 2. The first kappa shape index (κ1) is 14.4. The van der Waals surface area contributed by atoms with Crippen molar-refractivity contribution >= 4 is 17.2 Å². The number of thiocarbonyl (C=S) groups is 1. The largest absolute Gasteiger partial charge is 0.489 e. The van der Waals surface area contributed by atoms with Crippen LogP contribution in [0.3, 0.4) is 0 Å². The normalized spacial score (nSPS) is 10.3. The van der Waals surface area contributed by atoms with Gasteiger partial charge in [-0.15, -0.1) is 0 Å². The quantitative estimate of drug-likeness (QED) is 0.877. The fourth-order valence-electron chi connectivity index (χ4n) is 1.71. The van der Waals surface area contributed by atoms with Gasteiger partial charge in [-0.05, 0) is 24.6 Å². The molecule has 0 atom stereocenters. The summed E-state index contributed by atoms with van der Waals surface area (Å²) in [5.41, 5.74) is 6.45. The van der Waals surface area contributed by atoms with E-state index in [2.05, 4.69) is 0 Å². The van der Waals surface area contributed by atoms with Crippen molar-refractivity contribution in [1.29, 1.82) is 0 Å². The zero-order valence-electron chi connectivity index (χ0n) is 10.8. The lowest BCUT2D eigenvalue weighted by Crippen LogP contribution is -2.13. The van der Waals surface area contributed by atoms with Gasteiger partial charge in [-0.3, -0.25) is 0 Å². The lowest BCUT2D eigenvalue weighted by molar-refractivity contribution is 0.298. The summed E-state index contributed by atoms with van der Waals surface area (Å²) in [6.45, 7) is 1.63. The van der Waals surface area contributed by atoms with Crippen LogP contribution in [0.2, 0.25) is 0 Å². The van der Waals surface area contributed by atoms with Crippen LogP contribution in [-0.4, -0.2) is 4.99 Å². The maximum absolute atomic E-state index is 14.0. The van der Waals surface area contributed by atoms with E-state index >= 15 is 0 Å². The minimum Gasteiger partial charge on any atom is -0.489 e. The summed E-state index contributed by atoms with van der Waals surface area (Å²) in [5.74, 6) is -0.527. The Hall–Kier alpha value is -2.01. The van der Waals surface area contributed by atoms with Crippen molar-refractivity contribution < 1.29 is 13.5 Å². The highest BCUT2D eigenvalue weighted by Crippen LogP contribution is 2.19. The summed E-state index contributed by atoms with van der Waals surface area (Å²) >= 11 is 4.77. The first-order valence-electron chi connectivity index (χ1n) is 5.95. The SMILES string of the molecule is Cc1ccc(OCc2cccc(C(N)=S)c2F)cc1F. The third-order valence-corrected chi connectivity index (χ3v) is 3.10. The van der Waals surface area contributed by atoms with Gasteiger partial charge in [-0.2, -0.15) is 0 Å². The third kappa shape index (κ3) is 3.11. The molecule has 0 amide bonds.